The van der Waals surface area contributed by atoms with Crippen LogP contribution in [-0.2, 0) is 26.3 Å². The van der Waals surface area contributed by atoms with Crippen LogP contribution in [0.2, 0.25) is 0 Å². The predicted molar refractivity (Wildman–Crippen MR) is 192 cm³/mol. The molecule has 1 aromatic carbocycles. The summed E-state index contributed by atoms with van der Waals surface area (Å²) in [5.41, 5.74) is 11.0. The average Bonchev–Trinajstić information content (AvgIpc) is 3.55. The number of carbonyl (C=O) groups is 2. The summed E-state index contributed by atoms with van der Waals surface area (Å²) < 4.78 is 13.6. The van der Waals surface area contributed by atoms with E-state index >= 15 is 0 Å². The first kappa shape index (κ1) is 31.8. The van der Waals surface area contributed by atoms with Crippen LogP contribution in [0, 0.1) is 40.4 Å². The maximum absolute atomic E-state index is 14.9. The van der Waals surface area contributed by atoms with Gasteiger partial charge in [0.05, 0.1) is 11.0 Å². The molecule has 12 aliphatic rings. The summed E-state index contributed by atoms with van der Waals surface area (Å²) >= 11 is 0. The van der Waals surface area contributed by atoms with Crippen molar-refractivity contribution in [1.82, 2.24) is 9.80 Å². The summed E-state index contributed by atoms with van der Waals surface area (Å²) in [6.07, 6.45) is 16.7. The van der Waals surface area contributed by atoms with Gasteiger partial charge in [0.25, 0.3) is 0 Å². The standard InChI is InChI=1S/C43H55N3O4/c1-4-7-35-41-21-30-15-16-42(41,43(35)33-10-5-8-28(9-6-17-44)37(33)39(47)50-43)36(49-40(41)48)14-11-26(3)45-22-27-20-31(24-45)34-13-12-29-18-25(2)19-32(30)38(29)46(34)23-27/h5,8,10,14,21,25-27,31-32,34-35H,4,6-7,9,11-13,15-20,22-24,44H2,1-3H3. The number of ether oxygens (including phenoxy) is 2. The third-order valence-corrected chi connectivity index (χ3v) is 15.5. The Hall–Kier alpha value is -2.90. The molecule has 0 radical (unpaired) electrons. The summed E-state index contributed by atoms with van der Waals surface area (Å²) in [5, 5.41) is 0. The fourth-order valence-corrected chi connectivity index (χ4v) is 13.8. The van der Waals surface area contributed by atoms with E-state index < -0.39 is 16.4 Å². The Kier molecular flexibility index (Phi) is 7.03. The smallest absolute Gasteiger partial charge is 0.339 e. The van der Waals surface area contributed by atoms with Crippen LogP contribution in [0.1, 0.15) is 113 Å². The molecule has 9 aliphatic heterocycles. The number of carbonyl (C=O) groups excluding carboxylic acids is 2. The summed E-state index contributed by atoms with van der Waals surface area (Å²) in [6, 6.07) is 7.27. The molecule has 9 heterocycles. The number of esters is 2. The lowest BCUT2D eigenvalue weighted by Crippen LogP contribution is -2.75. The molecule has 11 unspecified atom stereocenters. The van der Waals surface area contributed by atoms with Crippen LogP contribution in [0.25, 0.3) is 0 Å². The van der Waals surface area contributed by atoms with E-state index in [4.69, 9.17) is 15.2 Å². The normalized spacial score (nSPS) is 43.5. The number of aryl methyl sites for hydroxylation is 1. The molecule has 11 atom stereocenters. The lowest BCUT2D eigenvalue weighted by Gasteiger charge is -2.69. The van der Waals surface area contributed by atoms with Gasteiger partial charge in [-0.1, -0.05) is 55.7 Å². The largest absolute Gasteiger partial charge is 0.449 e. The zero-order chi connectivity index (χ0) is 34.2. The maximum atomic E-state index is 14.9. The van der Waals surface area contributed by atoms with Crippen LogP contribution in [0.4, 0.5) is 0 Å². The number of nitrogens with two attached hydrogens (primary N) is 1. The van der Waals surface area contributed by atoms with Crippen LogP contribution in [0.3, 0.4) is 0 Å². The lowest BCUT2D eigenvalue weighted by atomic mass is 9.31. The number of fused-ring (bicyclic) bond motifs is 2. The number of hydrogen-bond donors (Lipinski definition) is 1. The van der Waals surface area contributed by atoms with Crippen molar-refractivity contribution in [1.29, 1.82) is 0 Å². The minimum atomic E-state index is -0.924. The first-order valence-electron chi connectivity index (χ1n) is 20.2. The zero-order valence-corrected chi connectivity index (χ0v) is 30.3. The molecule has 7 heteroatoms. The Labute approximate surface area is 297 Å². The van der Waals surface area contributed by atoms with Gasteiger partial charge in [-0.15, -0.1) is 0 Å². The van der Waals surface area contributed by atoms with Crippen molar-refractivity contribution in [3.8, 4) is 0 Å². The molecule has 3 aliphatic carbocycles. The minimum absolute atomic E-state index is 0.116. The van der Waals surface area contributed by atoms with Gasteiger partial charge < -0.3 is 20.1 Å². The van der Waals surface area contributed by atoms with Crippen molar-refractivity contribution in [2.45, 2.75) is 116 Å². The zero-order valence-electron chi connectivity index (χ0n) is 30.3. The number of piperidine rings is 2. The molecular weight excluding hydrogens is 622 g/mol. The molecule has 7 nitrogen and oxygen atoms in total. The van der Waals surface area contributed by atoms with E-state index in [-0.39, 0.29) is 17.9 Å². The maximum Gasteiger partial charge on any atom is 0.339 e. The third-order valence-electron chi connectivity index (χ3n) is 15.5. The Morgan fingerprint density at radius 3 is 2.80 bits per heavy atom. The molecule has 3 saturated heterocycles. The van der Waals surface area contributed by atoms with Crippen LogP contribution in [0.5, 0.6) is 0 Å². The van der Waals surface area contributed by atoms with Gasteiger partial charge in [0.15, 0.2) is 5.60 Å². The molecule has 10 bridgehead atoms. The Bertz CT molecular complexity index is 1760. The lowest BCUT2D eigenvalue weighted by molar-refractivity contribution is -0.271. The van der Waals surface area contributed by atoms with E-state index in [1.165, 1.54) is 37.8 Å². The van der Waals surface area contributed by atoms with E-state index in [1.54, 1.807) is 11.3 Å². The van der Waals surface area contributed by atoms with E-state index in [1.807, 2.05) is 0 Å². The van der Waals surface area contributed by atoms with Crippen molar-refractivity contribution in [2.75, 3.05) is 26.2 Å². The molecule has 50 heavy (non-hydrogen) atoms. The van der Waals surface area contributed by atoms with Crippen molar-refractivity contribution in [2.24, 2.45) is 46.2 Å². The number of benzene rings is 1. The molecule has 2 spiro atoms. The quantitative estimate of drug-likeness (QED) is 0.265. The topological polar surface area (TPSA) is 85.1 Å². The molecule has 1 aromatic rings. The van der Waals surface area contributed by atoms with Gasteiger partial charge >= 0.3 is 11.9 Å². The van der Waals surface area contributed by atoms with Crippen LogP contribution in [0.15, 0.2) is 53.0 Å². The average molecular weight is 678 g/mol. The van der Waals surface area contributed by atoms with Crippen LogP contribution in [-0.4, -0.2) is 60.0 Å². The van der Waals surface area contributed by atoms with Crippen molar-refractivity contribution < 1.29 is 19.1 Å². The third kappa shape index (κ3) is 3.79. The van der Waals surface area contributed by atoms with Gasteiger partial charge in [0.2, 0.25) is 0 Å². The summed E-state index contributed by atoms with van der Waals surface area (Å²) in [4.78, 5) is 34.8. The van der Waals surface area contributed by atoms with Crippen LogP contribution >= 0.6 is 0 Å². The van der Waals surface area contributed by atoms with Gasteiger partial charge in [-0.3, -0.25) is 9.69 Å². The summed E-state index contributed by atoms with van der Waals surface area (Å²) in [6.45, 7) is 11.1. The highest BCUT2D eigenvalue weighted by Crippen LogP contribution is 2.84. The molecule has 266 valence electrons. The van der Waals surface area contributed by atoms with Crippen molar-refractivity contribution in [3.05, 3.63) is 69.6 Å². The second-order valence-electron chi connectivity index (χ2n) is 17.9. The molecule has 2 N–H and O–H groups in total. The van der Waals surface area contributed by atoms with Gasteiger partial charge in [-0.25, -0.2) is 4.79 Å². The first-order chi connectivity index (χ1) is 24.3. The van der Waals surface area contributed by atoms with Gasteiger partial charge in [0.1, 0.15) is 11.2 Å². The molecule has 13 rings (SSSR count). The first-order valence-corrected chi connectivity index (χ1v) is 20.2. The van der Waals surface area contributed by atoms with E-state index in [0.717, 1.165) is 81.3 Å². The highest BCUT2D eigenvalue weighted by molar-refractivity contribution is 5.99. The van der Waals surface area contributed by atoms with E-state index in [9.17, 15) is 9.59 Å². The molecule has 0 aromatic heterocycles. The predicted octanol–water partition coefficient (Wildman–Crippen LogP) is 7.02. The Morgan fingerprint density at radius 2 is 1.96 bits per heavy atom. The number of nitrogens with zero attached hydrogens (tertiary/aromatic N) is 2. The SMILES string of the molecule is CCCC1C23C=C4CCC2(C(=CCC(C)N2CC5CC(C2)C2CCC6=C(C4CC(C)C6)N2C5)OC3=O)C12OC(=O)c1c(CCCN)cccc12. The Balaban J connectivity index is 1.21. The van der Waals surface area contributed by atoms with Gasteiger partial charge in [0, 0.05) is 54.8 Å². The van der Waals surface area contributed by atoms with E-state index in [2.05, 4.69) is 60.9 Å². The van der Waals surface area contributed by atoms with Crippen molar-refractivity contribution >= 4 is 11.9 Å². The molecule has 1 saturated carbocycles. The monoisotopic (exact) mass is 677 g/mol. The van der Waals surface area contributed by atoms with Gasteiger partial charge in [-0.05, 0) is 113 Å². The minimum Gasteiger partial charge on any atom is -0.449 e. The fourth-order valence-electron chi connectivity index (χ4n) is 13.8. The molecular formula is C43H55N3O4. The highest BCUT2D eigenvalue weighted by Gasteiger charge is 2.91. The number of hydrogen-bond acceptors (Lipinski definition) is 7. The summed E-state index contributed by atoms with van der Waals surface area (Å²) in [5.74, 6) is 2.63. The molecule has 0 amide bonds. The summed E-state index contributed by atoms with van der Waals surface area (Å²) in [7, 11) is 0. The van der Waals surface area contributed by atoms with Crippen LogP contribution < -0.4 is 5.73 Å². The van der Waals surface area contributed by atoms with Crippen molar-refractivity contribution in [3.63, 3.8) is 0 Å². The number of rotatable bonds is 5. The second kappa shape index (κ2) is 11.1. The fraction of sp³-hybridized carbons (Fsp3) is 0.674. The highest BCUT2D eigenvalue weighted by atomic mass is 16.6. The Morgan fingerprint density at radius 1 is 1.08 bits per heavy atom. The number of allylic oxidation sites excluding steroid dienone is 2. The van der Waals surface area contributed by atoms with E-state index in [0.29, 0.717) is 47.9 Å². The second-order valence-corrected chi connectivity index (χ2v) is 17.9. The van der Waals surface area contributed by atoms with Gasteiger partial charge in [-0.2, -0.15) is 0 Å². The molecule has 4 fully saturated rings.